The van der Waals surface area contributed by atoms with E-state index in [9.17, 15) is 39.6 Å². The van der Waals surface area contributed by atoms with Gasteiger partial charge in [-0.05, 0) is 0 Å². The van der Waals surface area contributed by atoms with Crippen molar-refractivity contribution in [3.63, 3.8) is 0 Å². The number of aliphatic hydroxyl groups excluding tert-OH is 8. The Bertz CT molecular complexity index is 566. The molecule has 0 aromatic heterocycles. The van der Waals surface area contributed by atoms with E-state index in [4.69, 9.17) is 34.0 Å². The number of aliphatic hydroxyl groups is 8. The van der Waals surface area contributed by atoms with Crippen LogP contribution in [0.2, 0.25) is 0 Å². The molecule has 0 aliphatic carbocycles. The first kappa shape index (κ1) is 27.0. The standard InChI is InChI=1S/C12H22O11.H2O5Si2/c13-1-4-6(16)8(18)9(19)11(21-4)23-12(3-15)10(20)7(17)5(2-14)22-12;1-6(2)5-7(3)4/h4-11,13-20H,1-3H2;1,3H/t4-,5-,6-,7-,8+,9-,10+,11-,12+;/m1./s1. The maximum absolute atomic E-state index is 10.00. The van der Waals surface area contributed by atoms with Gasteiger partial charge in [0, 0.05) is 0 Å². The second-order valence-corrected chi connectivity index (χ2v) is 8.07. The molecule has 0 aromatic carbocycles. The van der Waals surface area contributed by atoms with Crippen molar-refractivity contribution in [3.8, 4) is 0 Å². The van der Waals surface area contributed by atoms with Crippen LogP contribution in [0.25, 0.3) is 0 Å². The van der Waals surface area contributed by atoms with Gasteiger partial charge < -0.3 is 68.8 Å². The van der Waals surface area contributed by atoms with Crippen LogP contribution in [-0.2, 0) is 27.2 Å². The van der Waals surface area contributed by atoms with Crippen LogP contribution in [0.4, 0.5) is 0 Å². The lowest BCUT2D eigenvalue weighted by atomic mass is 9.99. The molecule has 0 radical (unpaired) electrons. The molecule has 2 rings (SSSR count). The Kier molecular flexibility index (Phi) is 10.4. The smallest absolute Gasteiger partial charge is 0.512 e. The molecule has 2 aliphatic heterocycles. The quantitative estimate of drug-likeness (QED) is 0.151. The average Bonchev–Trinajstić information content (AvgIpc) is 2.92. The van der Waals surface area contributed by atoms with Gasteiger partial charge in [0.05, 0.1) is 13.2 Å². The molecule has 18 heteroatoms. The SMILES string of the molecule is O=[Si](O)O[Si](=O)O.OC[C@H]1O[C@@](CO)(O[C@H]2O[C@H](CO)[C@@H](O)[C@H](O)[C@H]2O)[C@@H](O)[C@@H]1O. The van der Waals surface area contributed by atoms with E-state index in [-0.39, 0.29) is 0 Å². The summed E-state index contributed by atoms with van der Waals surface area (Å²) in [6, 6.07) is 0. The van der Waals surface area contributed by atoms with Crippen molar-refractivity contribution < 1.29 is 77.7 Å². The Balaban J connectivity index is 0.000000553. The van der Waals surface area contributed by atoms with Crippen LogP contribution in [0.5, 0.6) is 0 Å². The molecule has 0 saturated carbocycles. The van der Waals surface area contributed by atoms with Gasteiger partial charge in [0.25, 0.3) is 0 Å². The van der Waals surface area contributed by atoms with E-state index in [0.29, 0.717) is 0 Å². The lowest BCUT2D eigenvalue weighted by Gasteiger charge is -2.43. The molecule has 176 valence electrons. The first-order valence-electron chi connectivity index (χ1n) is 8.31. The van der Waals surface area contributed by atoms with Crippen LogP contribution >= 0.6 is 0 Å². The van der Waals surface area contributed by atoms with Crippen molar-refractivity contribution in [2.75, 3.05) is 19.8 Å². The van der Waals surface area contributed by atoms with Gasteiger partial charge in [-0.2, -0.15) is 0 Å². The van der Waals surface area contributed by atoms with E-state index in [1.165, 1.54) is 0 Å². The highest BCUT2D eigenvalue weighted by Gasteiger charge is 2.58. The Morgan fingerprint density at radius 1 is 0.800 bits per heavy atom. The lowest BCUT2D eigenvalue weighted by molar-refractivity contribution is -0.383. The number of hydrogen-bond donors (Lipinski definition) is 10. The van der Waals surface area contributed by atoms with Gasteiger partial charge in [-0.3, -0.25) is 8.92 Å². The third-order valence-corrected chi connectivity index (χ3v) is 5.64. The summed E-state index contributed by atoms with van der Waals surface area (Å²) in [6.45, 7) is -2.32. The summed E-state index contributed by atoms with van der Waals surface area (Å²) in [5.74, 6) is -2.22. The van der Waals surface area contributed by atoms with Gasteiger partial charge in [0.2, 0.25) is 5.79 Å². The van der Waals surface area contributed by atoms with E-state index >= 15 is 0 Å². The highest BCUT2D eigenvalue weighted by Crippen LogP contribution is 2.35. The van der Waals surface area contributed by atoms with Crippen molar-refractivity contribution in [2.45, 2.75) is 54.8 Å². The zero-order valence-corrected chi connectivity index (χ0v) is 17.2. The monoisotopic (exact) mass is 480 g/mol. The fourth-order valence-corrected chi connectivity index (χ4v) is 3.30. The van der Waals surface area contributed by atoms with Gasteiger partial charge in [0.1, 0.15) is 49.3 Å². The van der Waals surface area contributed by atoms with Crippen molar-refractivity contribution >= 4 is 18.3 Å². The Morgan fingerprint density at radius 2 is 1.33 bits per heavy atom. The number of hydrogen-bond acceptors (Lipinski definition) is 14. The molecule has 16 nitrogen and oxygen atoms in total. The summed E-state index contributed by atoms with van der Waals surface area (Å²) in [5, 5.41) is 76.7. The molecule has 30 heavy (non-hydrogen) atoms. The van der Waals surface area contributed by atoms with Crippen molar-refractivity contribution in [1.29, 1.82) is 0 Å². The van der Waals surface area contributed by atoms with E-state index in [0.717, 1.165) is 0 Å². The Hall–Kier alpha value is -1.01. The lowest BCUT2D eigenvalue weighted by Crippen LogP contribution is -2.62. The van der Waals surface area contributed by atoms with Crippen molar-refractivity contribution in [2.24, 2.45) is 0 Å². The van der Waals surface area contributed by atoms with Crippen LogP contribution in [0, 0.1) is 0 Å². The summed E-state index contributed by atoms with van der Waals surface area (Å²) in [4.78, 5) is 15.4. The number of ether oxygens (including phenoxy) is 3. The van der Waals surface area contributed by atoms with Gasteiger partial charge >= 0.3 is 18.3 Å². The molecule has 2 fully saturated rings. The maximum atomic E-state index is 10.00. The third-order valence-electron chi connectivity index (χ3n) is 4.24. The molecule has 0 bridgehead atoms. The van der Waals surface area contributed by atoms with Gasteiger partial charge in [-0.25, -0.2) is 0 Å². The second kappa shape index (κ2) is 11.6. The minimum Gasteiger partial charge on any atom is -0.512 e. The predicted molar refractivity (Wildman–Crippen MR) is 87.0 cm³/mol. The molecular formula is C12H24O16Si2. The Morgan fingerprint density at radius 3 is 1.70 bits per heavy atom. The number of rotatable bonds is 7. The largest absolute Gasteiger partial charge is 0.759 e. The summed E-state index contributed by atoms with van der Waals surface area (Å²) in [6.07, 6.45) is -12.7. The maximum Gasteiger partial charge on any atom is 0.759 e. The highest BCUT2D eigenvalue weighted by molar-refractivity contribution is 6.40. The van der Waals surface area contributed by atoms with Crippen molar-refractivity contribution in [3.05, 3.63) is 0 Å². The van der Waals surface area contributed by atoms with E-state index in [1.54, 1.807) is 0 Å². The summed E-state index contributed by atoms with van der Waals surface area (Å²) in [5.41, 5.74) is 0. The topological polar surface area (TPSA) is 273 Å². The van der Waals surface area contributed by atoms with Crippen LogP contribution in [0.1, 0.15) is 0 Å². The molecule has 2 saturated heterocycles. The van der Waals surface area contributed by atoms with Gasteiger partial charge in [-0.1, -0.05) is 0 Å². The molecule has 0 unspecified atom stereocenters. The molecular weight excluding hydrogens is 456 g/mol. The molecule has 9 atom stereocenters. The molecule has 2 heterocycles. The van der Waals surface area contributed by atoms with E-state index in [1.807, 2.05) is 0 Å². The summed E-state index contributed by atoms with van der Waals surface area (Å²) >= 11 is 0. The van der Waals surface area contributed by atoms with E-state index < -0.39 is 93.0 Å². The average molecular weight is 480 g/mol. The summed E-state index contributed by atoms with van der Waals surface area (Å²) < 4.78 is 37.8. The molecule has 2 aliphatic rings. The van der Waals surface area contributed by atoms with Crippen LogP contribution in [0.15, 0.2) is 0 Å². The van der Waals surface area contributed by atoms with Gasteiger partial charge in [-0.15, -0.1) is 0 Å². The second-order valence-electron chi connectivity index (χ2n) is 6.19. The van der Waals surface area contributed by atoms with Crippen LogP contribution in [-0.4, -0.2) is 143 Å². The first-order valence-corrected chi connectivity index (χ1v) is 10.8. The Labute approximate surface area is 171 Å². The zero-order valence-electron chi connectivity index (χ0n) is 15.2. The molecule has 10 N–H and O–H groups in total. The fraction of sp³-hybridized carbons (Fsp3) is 1.00. The van der Waals surface area contributed by atoms with Gasteiger partial charge in [0.15, 0.2) is 6.29 Å². The third kappa shape index (κ3) is 6.26. The van der Waals surface area contributed by atoms with Crippen LogP contribution in [0.3, 0.4) is 0 Å². The molecule has 0 spiro atoms. The van der Waals surface area contributed by atoms with Crippen molar-refractivity contribution in [1.82, 2.24) is 0 Å². The highest BCUT2D eigenvalue weighted by atomic mass is 28.4. The molecule has 0 aromatic rings. The molecule has 0 amide bonds. The predicted octanol–water partition coefficient (Wildman–Crippen LogP) is -7.58. The minimum atomic E-state index is -3.20. The minimum absolute atomic E-state index is 0.669. The first-order chi connectivity index (χ1) is 13.9. The zero-order chi connectivity index (χ0) is 23.2. The fourth-order valence-electron chi connectivity index (χ4n) is 2.71. The van der Waals surface area contributed by atoms with E-state index in [2.05, 4.69) is 4.12 Å². The summed E-state index contributed by atoms with van der Waals surface area (Å²) in [7, 11) is -6.40. The van der Waals surface area contributed by atoms with Crippen LogP contribution < -0.4 is 0 Å². The normalized spacial score (nSPS) is 40.9.